The van der Waals surface area contributed by atoms with E-state index in [9.17, 15) is 4.79 Å². The fourth-order valence-corrected chi connectivity index (χ4v) is 2.61. The minimum atomic E-state index is -0.484. The predicted octanol–water partition coefficient (Wildman–Crippen LogP) is 4.41. The van der Waals surface area contributed by atoms with Crippen LogP contribution in [0.5, 0.6) is 0 Å². The second-order valence-electron chi connectivity index (χ2n) is 6.43. The van der Waals surface area contributed by atoms with E-state index in [1.165, 1.54) is 26.0 Å². The molecule has 150 valence electrons. The fraction of sp³-hybridized carbons (Fsp3) is 0.250. The zero-order valence-electron chi connectivity index (χ0n) is 17.4. The Kier molecular flexibility index (Phi) is 8.05. The number of ether oxygens (including phenoxy) is 2. The molecule has 0 amide bonds. The van der Waals surface area contributed by atoms with Gasteiger partial charge >= 0.3 is 5.97 Å². The van der Waals surface area contributed by atoms with Crippen LogP contribution in [-0.2, 0) is 25.7 Å². The maximum Gasteiger partial charge on any atom is 0.341 e. The summed E-state index contributed by atoms with van der Waals surface area (Å²) in [6.45, 7) is 5.94. The number of aryl methyl sites for hydroxylation is 2. The van der Waals surface area contributed by atoms with Crippen LogP contribution >= 0.6 is 0 Å². The van der Waals surface area contributed by atoms with E-state index in [0.29, 0.717) is 16.8 Å². The Balaban J connectivity index is 2.18. The molecule has 0 aliphatic rings. The van der Waals surface area contributed by atoms with E-state index >= 15 is 0 Å². The van der Waals surface area contributed by atoms with Crippen LogP contribution in [0.4, 0.5) is 0 Å². The van der Waals surface area contributed by atoms with Gasteiger partial charge in [0.05, 0.1) is 20.5 Å². The predicted molar refractivity (Wildman–Crippen MR) is 114 cm³/mol. The number of hydrogen-bond acceptors (Lipinski definition) is 5. The topological polar surface area (TPSA) is 57.1 Å². The van der Waals surface area contributed by atoms with Crippen molar-refractivity contribution in [3.05, 3.63) is 76.5 Å². The molecule has 0 radical (unpaired) electrons. The van der Waals surface area contributed by atoms with Gasteiger partial charge in [0.15, 0.2) is 0 Å². The second-order valence-corrected chi connectivity index (χ2v) is 6.43. The number of hydrogen-bond donors (Lipinski definition) is 0. The highest BCUT2D eigenvalue weighted by molar-refractivity contribution is 6.16. The van der Waals surface area contributed by atoms with Crippen LogP contribution in [0.1, 0.15) is 34.7 Å². The Hall–Kier alpha value is -3.52. The van der Waals surface area contributed by atoms with E-state index in [2.05, 4.69) is 17.0 Å². The van der Waals surface area contributed by atoms with Gasteiger partial charge in [0.25, 0.3) is 0 Å². The number of oxime groups is 1. The van der Waals surface area contributed by atoms with Gasteiger partial charge in [-0.2, -0.15) is 0 Å². The van der Waals surface area contributed by atoms with Crippen LogP contribution in [0.2, 0.25) is 0 Å². The first-order valence-corrected chi connectivity index (χ1v) is 9.11. The van der Waals surface area contributed by atoms with Crippen LogP contribution in [0, 0.1) is 25.7 Å². The number of methoxy groups -OCH3 is 2. The highest BCUT2D eigenvalue weighted by Crippen LogP contribution is 2.24. The third-order valence-electron chi connectivity index (χ3n) is 4.19. The molecule has 0 bridgehead atoms. The molecule has 2 rings (SSSR count). The zero-order chi connectivity index (χ0) is 21.2. The molecule has 0 heterocycles. The van der Waals surface area contributed by atoms with Crippen molar-refractivity contribution >= 4 is 17.3 Å². The Morgan fingerprint density at radius 3 is 2.48 bits per heavy atom. The van der Waals surface area contributed by atoms with Gasteiger partial charge in [0.1, 0.15) is 17.9 Å². The molecule has 0 atom stereocenters. The largest absolute Gasteiger partial charge is 0.503 e. The molecule has 5 heteroatoms. The Morgan fingerprint density at radius 1 is 1.10 bits per heavy atom. The van der Waals surface area contributed by atoms with E-state index in [-0.39, 0.29) is 6.61 Å². The summed E-state index contributed by atoms with van der Waals surface area (Å²) in [6.07, 6.45) is 1.37. The van der Waals surface area contributed by atoms with Gasteiger partial charge in [0, 0.05) is 11.1 Å². The lowest BCUT2D eigenvalue weighted by Gasteiger charge is -2.13. The molecule has 0 unspecified atom stereocenters. The molecule has 0 spiro atoms. The van der Waals surface area contributed by atoms with Crippen molar-refractivity contribution in [2.24, 2.45) is 5.16 Å². The van der Waals surface area contributed by atoms with Crippen LogP contribution < -0.4 is 0 Å². The first-order valence-electron chi connectivity index (χ1n) is 9.11. The zero-order valence-corrected chi connectivity index (χ0v) is 17.4. The molecule has 0 aliphatic carbocycles. The average Bonchev–Trinajstić information content (AvgIpc) is 2.72. The highest BCUT2D eigenvalue weighted by atomic mass is 16.6. The Morgan fingerprint density at radius 2 is 1.83 bits per heavy atom. The Bertz CT molecular complexity index is 976. The SMILES string of the molecule is CO/C=C(/C(=O)OC)c1cccc(C)c1CO/N=C(\C)C#Cc1ccc(C)cc1. The molecule has 5 nitrogen and oxygen atoms in total. The van der Waals surface area contributed by atoms with E-state index in [1.54, 1.807) is 6.92 Å². The normalized spacial score (nSPS) is 11.3. The van der Waals surface area contributed by atoms with Gasteiger partial charge in [0.2, 0.25) is 0 Å². The summed E-state index contributed by atoms with van der Waals surface area (Å²) in [7, 11) is 2.81. The van der Waals surface area contributed by atoms with Crippen LogP contribution in [0.15, 0.2) is 53.9 Å². The minimum Gasteiger partial charge on any atom is -0.503 e. The van der Waals surface area contributed by atoms with Gasteiger partial charge in [-0.05, 0) is 50.0 Å². The van der Waals surface area contributed by atoms with Crippen molar-refractivity contribution in [3.63, 3.8) is 0 Å². The number of carbonyl (C=O) groups excluding carboxylic acids is 1. The van der Waals surface area contributed by atoms with Gasteiger partial charge in [-0.1, -0.05) is 47.0 Å². The summed E-state index contributed by atoms with van der Waals surface area (Å²) >= 11 is 0. The van der Waals surface area contributed by atoms with Gasteiger partial charge in [-0.3, -0.25) is 0 Å². The van der Waals surface area contributed by atoms with E-state index < -0.39 is 5.97 Å². The third-order valence-corrected chi connectivity index (χ3v) is 4.19. The van der Waals surface area contributed by atoms with Gasteiger partial charge in [-0.15, -0.1) is 0 Å². The Labute approximate surface area is 172 Å². The van der Waals surface area contributed by atoms with E-state index in [1.807, 2.05) is 56.3 Å². The monoisotopic (exact) mass is 391 g/mol. The fourth-order valence-electron chi connectivity index (χ4n) is 2.61. The summed E-state index contributed by atoms with van der Waals surface area (Å²) in [4.78, 5) is 17.6. The van der Waals surface area contributed by atoms with Crippen molar-refractivity contribution in [1.82, 2.24) is 0 Å². The van der Waals surface area contributed by atoms with Gasteiger partial charge < -0.3 is 14.3 Å². The van der Waals surface area contributed by atoms with E-state index in [0.717, 1.165) is 16.7 Å². The standard InChI is InChI=1S/C24H25NO4/c1-17-9-12-20(13-10-17)14-11-19(3)25-29-16-22-18(2)7-6-8-21(22)23(15-27-4)24(26)28-5/h6-10,12-13,15H,16H2,1-5H3/b23-15+,25-19+. The quantitative estimate of drug-likeness (QED) is 0.183. The lowest BCUT2D eigenvalue weighted by atomic mass is 9.97. The van der Waals surface area contributed by atoms with Crippen molar-refractivity contribution in [2.75, 3.05) is 14.2 Å². The second kappa shape index (κ2) is 10.7. The highest BCUT2D eigenvalue weighted by Gasteiger charge is 2.18. The smallest absolute Gasteiger partial charge is 0.341 e. The summed E-state index contributed by atoms with van der Waals surface area (Å²) in [5.74, 6) is 5.54. The molecule has 0 aliphatic heterocycles. The first kappa shape index (κ1) is 21.8. The van der Waals surface area contributed by atoms with Crippen molar-refractivity contribution in [1.29, 1.82) is 0 Å². The summed E-state index contributed by atoms with van der Waals surface area (Å²) in [5.41, 5.74) is 5.44. The minimum absolute atomic E-state index is 0.184. The van der Waals surface area contributed by atoms with Crippen molar-refractivity contribution < 1.29 is 19.1 Å². The number of benzene rings is 2. The van der Waals surface area contributed by atoms with Crippen LogP contribution in [0.3, 0.4) is 0 Å². The number of rotatable bonds is 6. The number of nitrogens with zero attached hydrogens (tertiary/aromatic N) is 1. The molecule has 0 N–H and O–H groups in total. The lowest BCUT2D eigenvalue weighted by Crippen LogP contribution is -2.08. The van der Waals surface area contributed by atoms with Crippen LogP contribution in [-0.4, -0.2) is 25.9 Å². The molecule has 2 aromatic carbocycles. The maximum atomic E-state index is 12.1. The molecule has 29 heavy (non-hydrogen) atoms. The molecule has 0 fully saturated rings. The summed E-state index contributed by atoms with van der Waals surface area (Å²) < 4.78 is 9.92. The first-order chi connectivity index (χ1) is 14.0. The molecular weight excluding hydrogens is 366 g/mol. The maximum absolute atomic E-state index is 12.1. The number of carbonyl (C=O) groups is 1. The molecule has 0 aromatic heterocycles. The summed E-state index contributed by atoms with van der Waals surface area (Å²) in [5, 5.41) is 4.08. The van der Waals surface area contributed by atoms with Crippen molar-refractivity contribution in [3.8, 4) is 11.8 Å². The van der Waals surface area contributed by atoms with E-state index in [4.69, 9.17) is 14.3 Å². The van der Waals surface area contributed by atoms with Crippen molar-refractivity contribution in [2.45, 2.75) is 27.4 Å². The van der Waals surface area contributed by atoms with Crippen LogP contribution in [0.25, 0.3) is 5.57 Å². The number of esters is 1. The molecule has 2 aromatic rings. The third kappa shape index (κ3) is 6.25. The summed E-state index contributed by atoms with van der Waals surface area (Å²) in [6, 6.07) is 13.6. The van der Waals surface area contributed by atoms with Gasteiger partial charge in [-0.25, -0.2) is 4.79 Å². The average molecular weight is 391 g/mol. The molecule has 0 saturated heterocycles. The lowest BCUT2D eigenvalue weighted by molar-refractivity contribution is -0.133. The molecular formula is C24H25NO4. The molecule has 0 saturated carbocycles.